The predicted molar refractivity (Wildman–Crippen MR) is 57.2 cm³/mol. The van der Waals surface area contributed by atoms with Crippen molar-refractivity contribution in [3.05, 3.63) is 0 Å². The lowest BCUT2D eigenvalue weighted by Gasteiger charge is -2.26. The quantitative estimate of drug-likeness (QED) is 0.590. The lowest BCUT2D eigenvalue weighted by Crippen LogP contribution is -2.24. The van der Waals surface area contributed by atoms with Gasteiger partial charge in [0.15, 0.2) is 0 Å². The van der Waals surface area contributed by atoms with E-state index in [0.717, 1.165) is 19.1 Å². The average molecular weight is 202 g/mol. The Morgan fingerprint density at radius 1 is 1.15 bits per heavy atom. The normalized spacial score (nSPS) is 17.8. The maximum atomic E-state index is 5.62. The topological polar surface area (TPSA) is 18.5 Å². The number of rotatable bonds is 7. The molecule has 0 aromatic carbocycles. The van der Waals surface area contributed by atoms with E-state index in [2.05, 4.69) is 13.8 Å². The molecule has 0 bridgehead atoms. The minimum absolute atomic E-state index is 0.821. The molecule has 78 valence electrons. The van der Waals surface area contributed by atoms with Crippen LogP contribution in [0.5, 0.6) is 0 Å². The Hall–Kier alpha value is 0.137. The van der Waals surface area contributed by atoms with Crippen molar-refractivity contribution >= 4 is 9.28 Å². The second kappa shape index (κ2) is 6.57. The van der Waals surface area contributed by atoms with Gasteiger partial charge >= 0.3 is 9.28 Å². The second-order valence-corrected chi connectivity index (χ2v) is 5.82. The van der Waals surface area contributed by atoms with Gasteiger partial charge in [0, 0.05) is 13.2 Å². The van der Waals surface area contributed by atoms with Gasteiger partial charge < -0.3 is 8.85 Å². The molecule has 1 rings (SSSR count). The predicted octanol–water partition coefficient (Wildman–Crippen LogP) is 2.47. The van der Waals surface area contributed by atoms with Crippen molar-refractivity contribution in [2.24, 2.45) is 5.92 Å². The fourth-order valence-electron chi connectivity index (χ4n) is 1.74. The molecule has 0 aliphatic heterocycles. The van der Waals surface area contributed by atoms with Gasteiger partial charge in [0.1, 0.15) is 0 Å². The Labute approximate surface area is 83.5 Å². The molecule has 0 radical (unpaired) electrons. The Balaban J connectivity index is 2.05. The molecule has 3 heteroatoms. The summed E-state index contributed by atoms with van der Waals surface area (Å²) >= 11 is 0. The first kappa shape index (κ1) is 11.2. The minimum Gasteiger partial charge on any atom is -0.397 e. The summed E-state index contributed by atoms with van der Waals surface area (Å²) in [6.07, 6.45) is 5.68. The van der Waals surface area contributed by atoms with E-state index in [1.54, 1.807) is 0 Å². The summed E-state index contributed by atoms with van der Waals surface area (Å²) in [4.78, 5) is 0. The molecule has 1 fully saturated rings. The van der Waals surface area contributed by atoms with Crippen LogP contribution in [-0.4, -0.2) is 22.5 Å². The summed E-state index contributed by atoms with van der Waals surface area (Å²) in [7, 11) is -1.27. The van der Waals surface area contributed by atoms with Crippen LogP contribution in [0.1, 0.15) is 39.5 Å². The second-order valence-electron chi connectivity index (χ2n) is 3.71. The van der Waals surface area contributed by atoms with E-state index in [1.165, 1.54) is 31.7 Å². The van der Waals surface area contributed by atoms with Gasteiger partial charge in [0.25, 0.3) is 0 Å². The van der Waals surface area contributed by atoms with E-state index in [9.17, 15) is 0 Å². The van der Waals surface area contributed by atoms with Gasteiger partial charge in [-0.3, -0.25) is 0 Å². The first-order valence-electron chi connectivity index (χ1n) is 5.60. The van der Waals surface area contributed by atoms with E-state index in [-0.39, 0.29) is 0 Å². The number of hydrogen-bond donors (Lipinski definition) is 0. The molecule has 0 atom stereocenters. The summed E-state index contributed by atoms with van der Waals surface area (Å²) in [5.41, 5.74) is 0. The van der Waals surface area contributed by atoms with E-state index in [4.69, 9.17) is 8.85 Å². The maximum Gasteiger partial charge on any atom is 0.321 e. The van der Waals surface area contributed by atoms with Crippen LogP contribution in [0.15, 0.2) is 0 Å². The lowest BCUT2D eigenvalue weighted by molar-refractivity contribution is 0.206. The highest BCUT2D eigenvalue weighted by atomic mass is 28.3. The van der Waals surface area contributed by atoms with Gasteiger partial charge in [-0.05, 0) is 32.2 Å². The third-order valence-corrected chi connectivity index (χ3v) is 4.96. The first-order valence-corrected chi connectivity index (χ1v) is 7.36. The molecular weight excluding hydrogens is 180 g/mol. The molecule has 0 amide bonds. The van der Waals surface area contributed by atoms with E-state index >= 15 is 0 Å². The fourth-order valence-corrected chi connectivity index (χ4v) is 3.66. The summed E-state index contributed by atoms with van der Waals surface area (Å²) in [5.74, 6) is 0.996. The Bertz CT molecular complexity index is 120. The van der Waals surface area contributed by atoms with Crippen molar-refractivity contribution in [3.63, 3.8) is 0 Å². The molecule has 2 nitrogen and oxygen atoms in total. The van der Waals surface area contributed by atoms with E-state index in [1.807, 2.05) is 0 Å². The Morgan fingerprint density at radius 3 is 2.15 bits per heavy atom. The van der Waals surface area contributed by atoms with Crippen LogP contribution in [0.4, 0.5) is 0 Å². The Morgan fingerprint density at radius 2 is 1.77 bits per heavy atom. The van der Waals surface area contributed by atoms with E-state index in [0.29, 0.717) is 0 Å². The fraction of sp³-hybridized carbons (Fsp3) is 1.00. The van der Waals surface area contributed by atoms with Crippen LogP contribution in [0, 0.1) is 5.92 Å². The summed E-state index contributed by atoms with van der Waals surface area (Å²) < 4.78 is 11.2. The van der Waals surface area contributed by atoms with Crippen molar-refractivity contribution in [1.82, 2.24) is 0 Å². The van der Waals surface area contributed by atoms with Gasteiger partial charge in [-0.1, -0.05) is 19.3 Å². The molecule has 0 spiro atoms. The van der Waals surface area contributed by atoms with Crippen molar-refractivity contribution in [1.29, 1.82) is 0 Å². The zero-order valence-corrected chi connectivity index (χ0v) is 10.1. The zero-order chi connectivity index (χ0) is 9.52. The highest BCUT2D eigenvalue weighted by Crippen LogP contribution is 2.31. The van der Waals surface area contributed by atoms with Gasteiger partial charge in [-0.15, -0.1) is 0 Å². The SMILES string of the molecule is CCO[SiH](CCC1CCC1)OCC. The van der Waals surface area contributed by atoms with Crippen LogP contribution in [0.3, 0.4) is 0 Å². The van der Waals surface area contributed by atoms with Crippen molar-refractivity contribution in [2.75, 3.05) is 13.2 Å². The average Bonchev–Trinajstić information content (AvgIpc) is 2.02. The highest BCUT2D eigenvalue weighted by Gasteiger charge is 2.20. The van der Waals surface area contributed by atoms with Gasteiger partial charge in [-0.25, -0.2) is 0 Å². The summed E-state index contributed by atoms with van der Waals surface area (Å²) in [6, 6.07) is 1.21. The van der Waals surface area contributed by atoms with Gasteiger partial charge in [-0.2, -0.15) is 0 Å². The lowest BCUT2D eigenvalue weighted by atomic mass is 9.84. The zero-order valence-electron chi connectivity index (χ0n) is 8.92. The monoisotopic (exact) mass is 202 g/mol. The van der Waals surface area contributed by atoms with Crippen LogP contribution in [0.25, 0.3) is 0 Å². The van der Waals surface area contributed by atoms with E-state index < -0.39 is 9.28 Å². The molecular formula is C10H22O2Si. The molecule has 0 saturated heterocycles. The molecule has 0 aromatic rings. The largest absolute Gasteiger partial charge is 0.397 e. The molecule has 1 aliphatic rings. The van der Waals surface area contributed by atoms with Crippen LogP contribution in [-0.2, 0) is 8.85 Å². The highest BCUT2D eigenvalue weighted by molar-refractivity contribution is 6.44. The maximum absolute atomic E-state index is 5.62. The smallest absolute Gasteiger partial charge is 0.321 e. The van der Waals surface area contributed by atoms with Crippen molar-refractivity contribution in [2.45, 2.75) is 45.6 Å². The molecule has 0 unspecified atom stereocenters. The third kappa shape index (κ3) is 4.25. The summed E-state index contributed by atoms with van der Waals surface area (Å²) in [6.45, 7) is 5.76. The van der Waals surface area contributed by atoms with Gasteiger partial charge in [0.05, 0.1) is 0 Å². The molecule has 1 saturated carbocycles. The standard InChI is InChI=1S/C10H22O2Si/c1-3-11-13(12-4-2)9-8-10-6-5-7-10/h10,13H,3-9H2,1-2H3. The van der Waals surface area contributed by atoms with Crippen LogP contribution < -0.4 is 0 Å². The van der Waals surface area contributed by atoms with Crippen LogP contribution in [0.2, 0.25) is 6.04 Å². The molecule has 13 heavy (non-hydrogen) atoms. The number of hydrogen-bond acceptors (Lipinski definition) is 2. The third-order valence-electron chi connectivity index (χ3n) is 2.74. The van der Waals surface area contributed by atoms with Crippen molar-refractivity contribution < 1.29 is 8.85 Å². The molecule has 0 N–H and O–H groups in total. The van der Waals surface area contributed by atoms with Gasteiger partial charge in [0.2, 0.25) is 0 Å². The molecule has 1 aliphatic carbocycles. The van der Waals surface area contributed by atoms with Crippen LogP contribution >= 0.6 is 0 Å². The van der Waals surface area contributed by atoms with Crippen molar-refractivity contribution in [3.8, 4) is 0 Å². The summed E-state index contributed by atoms with van der Waals surface area (Å²) in [5, 5.41) is 0. The minimum atomic E-state index is -1.27. The molecule has 0 aromatic heterocycles. The first-order chi connectivity index (χ1) is 6.36. The Kier molecular flexibility index (Phi) is 5.67. The molecule has 0 heterocycles.